The highest BCUT2D eigenvalue weighted by Crippen LogP contribution is 2.36. The van der Waals surface area contributed by atoms with Crippen LogP contribution in [0.15, 0.2) is 159 Å². The molecule has 0 spiro atoms. The number of carbonyl (C=O) groups excluding carboxylic acids is 2. The molecule has 2 heterocycles. The van der Waals surface area contributed by atoms with E-state index in [4.69, 9.17) is 34.3 Å². The Hall–Kier alpha value is -7.92. The summed E-state index contributed by atoms with van der Waals surface area (Å²) < 4.78 is 361. The molecule has 2 aliphatic rings. The lowest BCUT2D eigenvalue weighted by atomic mass is 9.98. The second-order valence-electron chi connectivity index (χ2n) is 20.7. The molecule has 0 atom stereocenters. The van der Waals surface area contributed by atoms with Crippen LogP contribution in [0.3, 0.4) is 0 Å². The zero-order valence-corrected chi connectivity index (χ0v) is 52.9. The van der Waals surface area contributed by atoms with E-state index < -0.39 is 259 Å². The molecule has 0 radical (unpaired) electrons. The number of halogens is 8. The summed E-state index contributed by atoms with van der Waals surface area (Å²) in [4.78, 5) is 66.8. The summed E-state index contributed by atoms with van der Waals surface area (Å²) in [5.41, 5.74) is -9.49. The average molecular weight is 1380 g/mol. The van der Waals surface area contributed by atoms with Gasteiger partial charge in [-0.3, -0.25) is 19.2 Å². The van der Waals surface area contributed by atoms with Crippen molar-refractivity contribution < 1.29 is 84.5 Å². The molecule has 0 bridgehead atoms. The highest BCUT2D eigenvalue weighted by atomic mass is 32.2. The molecule has 2 aliphatic carbocycles. The Labute approximate surface area is 598 Å². The number of nitrogens with zero attached hydrogens (tertiary/aromatic N) is 8. The second kappa shape index (κ2) is 32.7. The van der Waals surface area contributed by atoms with Gasteiger partial charge in [0.05, 0.1) is 34.4 Å². The van der Waals surface area contributed by atoms with Crippen LogP contribution in [0.2, 0.25) is 0 Å². The predicted molar refractivity (Wildman–Crippen MR) is 358 cm³/mol. The number of amides is 2. The Kier molecular flexibility index (Phi) is 14.4. The minimum absolute atomic E-state index is 0.0304. The summed E-state index contributed by atoms with van der Waals surface area (Å²) in [5, 5.41) is -1.25. The molecular formula is C73H78F8N8O4S2. The number of fused-ring (bicyclic) bond motifs is 2. The average Bonchev–Trinajstić information content (AvgIpc) is 1.51. The molecule has 502 valence electrons. The van der Waals surface area contributed by atoms with Gasteiger partial charge >= 0.3 is 12.4 Å². The molecule has 8 aromatic rings. The van der Waals surface area contributed by atoms with Crippen LogP contribution in [-0.4, -0.2) is 103 Å². The molecule has 95 heavy (non-hydrogen) atoms. The van der Waals surface area contributed by atoms with E-state index in [2.05, 4.69) is 9.97 Å². The largest absolute Gasteiger partial charge is 0.416 e. The molecule has 22 heteroatoms. The van der Waals surface area contributed by atoms with E-state index in [1.54, 1.807) is 26.0 Å². The van der Waals surface area contributed by atoms with E-state index >= 15 is 4.79 Å². The van der Waals surface area contributed by atoms with Gasteiger partial charge in [-0.15, -0.1) is 0 Å². The van der Waals surface area contributed by atoms with Gasteiger partial charge in [0.25, 0.3) is 11.1 Å². The third-order valence-corrected chi connectivity index (χ3v) is 16.4. The van der Waals surface area contributed by atoms with Gasteiger partial charge in [-0.1, -0.05) is 148 Å². The van der Waals surface area contributed by atoms with E-state index in [1.165, 1.54) is 53.4 Å². The van der Waals surface area contributed by atoms with E-state index in [1.807, 2.05) is 0 Å². The molecule has 0 saturated heterocycles. The number of hydrogen-bond donors (Lipinski definition) is 0. The van der Waals surface area contributed by atoms with Gasteiger partial charge in [0.1, 0.15) is 24.6 Å². The smallest absolute Gasteiger partial charge is 0.336 e. The molecule has 0 N–H and O–H groups in total. The summed E-state index contributed by atoms with van der Waals surface area (Å²) in [6, 6.07) is 3.47. The summed E-state index contributed by atoms with van der Waals surface area (Å²) in [6.45, 7) is -16.0. The maximum Gasteiger partial charge on any atom is 0.416 e. The van der Waals surface area contributed by atoms with Crippen molar-refractivity contribution in [3.63, 3.8) is 0 Å². The molecule has 2 amide bonds. The highest BCUT2D eigenvalue weighted by molar-refractivity contribution is 7.98. The van der Waals surface area contributed by atoms with Crippen LogP contribution >= 0.6 is 23.5 Å². The predicted octanol–water partition coefficient (Wildman–Crippen LogP) is 14.7. The van der Waals surface area contributed by atoms with Crippen molar-refractivity contribution in [2.45, 2.75) is 133 Å². The topological polar surface area (TPSA) is 117 Å². The van der Waals surface area contributed by atoms with Gasteiger partial charge in [-0.25, -0.2) is 8.78 Å². The van der Waals surface area contributed by atoms with E-state index in [0.717, 1.165) is 49.2 Å². The second-order valence-corrected chi connectivity index (χ2v) is 22.5. The first-order chi connectivity index (χ1) is 56.8. The SMILES string of the molecule is [2H]C([2H])(C(=O)N(Cc1ccc(-c2ccc(C(F)(F)F)cc2)cc1)C([2H])([2H])C([2H])([2H])N(CC)CC)n1c(SCc2ccc(F)cc2)nc(=O)c2c1CCC2.[2H]c1c([2H])c(CSc2nc(=O)c3c(n2C([2H])([2H])C(=O)N(CCN(C([2H])([2H])C)C([2H])([2H])C)Cc2c([2H])c([2H])c(-c4c([2H])c([2H])c(C(F)(F)F)c(C)c4[2H])c([2H])c2[2H])C([2H])([2H])C([2H])([2H])C3([2H])[2H])c([2H])c([2H])c1F. The Morgan fingerprint density at radius 2 is 1.12 bits per heavy atom. The number of carbonyl (C=O) groups is 2. The molecule has 10 rings (SSSR count). The summed E-state index contributed by atoms with van der Waals surface area (Å²) in [7, 11) is 0. The third-order valence-electron chi connectivity index (χ3n) is 14.4. The lowest BCUT2D eigenvalue weighted by molar-refractivity contribution is -0.138. The van der Waals surface area contributed by atoms with E-state index in [-0.39, 0.29) is 58.0 Å². The molecule has 2 aromatic heterocycles. The zero-order valence-electron chi connectivity index (χ0n) is 80.3. The van der Waals surface area contributed by atoms with Crippen molar-refractivity contribution in [3.8, 4) is 22.3 Å². The van der Waals surface area contributed by atoms with Crippen LogP contribution in [-0.2, 0) is 85.1 Å². The number of likely N-dealkylation sites (N-methyl/N-ethyl adjacent to an activating group) is 2. The maximum atomic E-state index is 15.1. The first-order valence-corrected chi connectivity index (χ1v) is 31.0. The fraction of sp³-hybridized carbons (Fsp3) is 0.370. The molecule has 12 nitrogen and oxygen atoms in total. The summed E-state index contributed by atoms with van der Waals surface area (Å²) in [6.07, 6.45) is -19.9. The number of thioether (sulfide) groups is 2. The first-order valence-electron chi connectivity index (χ1n) is 43.5. The monoisotopic (exact) mass is 1380 g/mol. The molecule has 0 fully saturated rings. The maximum absolute atomic E-state index is 15.1. The van der Waals surface area contributed by atoms with Gasteiger partial charge in [0, 0.05) is 89.6 Å². The number of hydrogen-bond acceptors (Lipinski definition) is 10. The van der Waals surface area contributed by atoms with Crippen molar-refractivity contribution in [1.82, 2.24) is 38.7 Å². The summed E-state index contributed by atoms with van der Waals surface area (Å²) >= 11 is 1.06. The normalized spacial score (nSPS) is 19.8. The zero-order chi connectivity index (χ0) is 93.7. The van der Waals surface area contributed by atoms with Crippen molar-refractivity contribution >= 4 is 35.3 Å². The fourth-order valence-electron chi connectivity index (χ4n) is 9.37. The van der Waals surface area contributed by atoms with Crippen LogP contribution < -0.4 is 11.1 Å². The van der Waals surface area contributed by atoms with Crippen molar-refractivity contribution in [3.05, 3.63) is 233 Å². The molecule has 0 unspecified atom stereocenters. The Morgan fingerprint density at radius 1 is 0.568 bits per heavy atom. The number of aromatic nitrogens is 4. The van der Waals surface area contributed by atoms with E-state index in [0.29, 0.717) is 49.8 Å². The van der Waals surface area contributed by atoms with Gasteiger partial charge in [-0.2, -0.15) is 36.3 Å². The van der Waals surface area contributed by atoms with Crippen LogP contribution in [0, 0.1) is 18.6 Å². The van der Waals surface area contributed by atoms with Gasteiger partial charge in [0.2, 0.25) is 11.8 Å². The van der Waals surface area contributed by atoms with Gasteiger partial charge in [0.15, 0.2) is 10.3 Å². The van der Waals surface area contributed by atoms with Crippen LogP contribution in [0.1, 0.15) is 142 Å². The van der Waals surface area contributed by atoms with Crippen LogP contribution in [0.5, 0.6) is 0 Å². The van der Waals surface area contributed by atoms with Crippen molar-refractivity contribution in [2.24, 2.45) is 0 Å². The Morgan fingerprint density at radius 3 is 1.72 bits per heavy atom. The number of rotatable bonds is 26. The Balaban J connectivity index is 0.000000293. The van der Waals surface area contributed by atoms with E-state index in [9.17, 15) is 55.0 Å². The van der Waals surface area contributed by atoms with Crippen molar-refractivity contribution in [1.29, 1.82) is 0 Å². The fourth-order valence-corrected chi connectivity index (χ4v) is 11.1. The van der Waals surface area contributed by atoms with Crippen molar-refractivity contribution in [2.75, 3.05) is 52.2 Å². The Bertz CT molecular complexity index is 5500. The summed E-state index contributed by atoms with van der Waals surface area (Å²) in [5.74, 6) is -6.16. The lowest BCUT2D eigenvalue weighted by Crippen LogP contribution is -2.40. The number of alkyl halides is 6. The molecule has 0 saturated carbocycles. The highest BCUT2D eigenvalue weighted by Gasteiger charge is 2.33. The molecule has 6 aromatic carbocycles. The minimum atomic E-state index is -5.24. The standard InChI is InChI=1S/C37H40F4N4O2S.C36H38F4N4O2S/c1-4-43(5-2)19-20-44(22-26-9-13-28(14-10-26)29-15-18-32(25(3)21-29)37(39,40)41)34(46)23-45-33-8-6-7-31(33)35(47)42-36(45)48-24-27-11-16-30(38)17-12-27;1-3-42(4-2)20-21-43(22-25-8-12-27(13-9-25)28-14-16-29(17-15-28)36(38,39)40)33(45)23-44-32-7-5-6-31(32)34(46)41-35(44)47-24-26-10-18-30(37)19-11-26/h9-18,21H,4-8,19-20,22-24H2,1-3H3;8-19H,3-7,20-24H2,1-2H3/i4D2,5D2,6D2,7D2,8D2,9D,10D,11D,12D,13D,14D,15D,16D,17D,18D,21D,23D2;20D2,21D2,23D2. The quantitative estimate of drug-likeness (QED) is 0.0295. The lowest BCUT2D eigenvalue weighted by Gasteiger charge is -2.28. The third kappa shape index (κ3) is 19.0. The van der Waals surface area contributed by atoms with Crippen LogP contribution in [0.25, 0.3) is 22.3 Å². The number of benzene rings is 6. The molecule has 0 aliphatic heterocycles. The molecular weight excluding hydrogens is 1270 g/mol. The van der Waals surface area contributed by atoms with Gasteiger partial charge in [-0.05, 0) is 164 Å². The van der Waals surface area contributed by atoms with Gasteiger partial charge < -0.3 is 28.7 Å². The first kappa shape index (κ1) is 41.9. The van der Waals surface area contributed by atoms with Crippen LogP contribution in [0.4, 0.5) is 35.1 Å². The minimum Gasteiger partial charge on any atom is -0.336 e.